The summed E-state index contributed by atoms with van der Waals surface area (Å²) in [5.41, 5.74) is 1.20. The van der Waals surface area contributed by atoms with Crippen LogP contribution in [0.25, 0.3) is 0 Å². The van der Waals surface area contributed by atoms with Gasteiger partial charge in [0.2, 0.25) is 0 Å². The number of non-ortho nitro benzene ring substituents is 1. The van der Waals surface area contributed by atoms with Crippen LogP contribution in [0.15, 0.2) is 36.4 Å². The molecule has 2 aromatic rings. The van der Waals surface area contributed by atoms with Crippen LogP contribution in [0.2, 0.25) is 5.02 Å². The summed E-state index contributed by atoms with van der Waals surface area (Å²) in [5, 5.41) is 19.9. The van der Waals surface area contributed by atoms with Crippen molar-refractivity contribution in [3.63, 3.8) is 0 Å². The Morgan fingerprint density at radius 2 is 2.05 bits per heavy atom. The van der Waals surface area contributed by atoms with Gasteiger partial charge in [-0.15, -0.1) is 0 Å². The minimum Gasteiger partial charge on any atom is -0.456 e. The molecule has 0 unspecified atom stereocenters. The Kier molecular flexibility index (Phi) is 3.87. The smallest absolute Gasteiger partial charge is 0.273 e. The first-order chi connectivity index (χ1) is 9.51. The predicted octanol–water partition coefficient (Wildman–Crippen LogP) is 4.22. The van der Waals surface area contributed by atoms with Crippen molar-refractivity contribution in [2.45, 2.75) is 6.92 Å². The summed E-state index contributed by atoms with van der Waals surface area (Å²) < 4.78 is 5.53. The fourth-order valence-corrected chi connectivity index (χ4v) is 1.79. The maximum Gasteiger partial charge on any atom is 0.273 e. The number of benzene rings is 2. The molecule has 0 aromatic heterocycles. The molecule has 0 aliphatic heterocycles. The van der Waals surface area contributed by atoms with Gasteiger partial charge in [-0.05, 0) is 36.8 Å². The van der Waals surface area contributed by atoms with Gasteiger partial charge in [0.25, 0.3) is 5.69 Å². The first kappa shape index (κ1) is 13.8. The van der Waals surface area contributed by atoms with Gasteiger partial charge in [0.15, 0.2) is 5.75 Å². The zero-order valence-electron chi connectivity index (χ0n) is 10.5. The Labute approximate surface area is 120 Å². The van der Waals surface area contributed by atoms with Crippen LogP contribution in [0.4, 0.5) is 5.69 Å². The molecular formula is C14H9ClN2O3. The molecule has 0 bridgehead atoms. The highest BCUT2D eigenvalue weighted by atomic mass is 35.5. The van der Waals surface area contributed by atoms with Crippen LogP contribution in [-0.2, 0) is 0 Å². The highest BCUT2D eigenvalue weighted by Gasteiger charge is 2.12. The molecule has 2 aromatic carbocycles. The van der Waals surface area contributed by atoms with E-state index in [-0.39, 0.29) is 16.5 Å². The molecule has 0 radical (unpaired) electrons. The van der Waals surface area contributed by atoms with Crippen LogP contribution in [-0.4, -0.2) is 4.92 Å². The van der Waals surface area contributed by atoms with Gasteiger partial charge < -0.3 is 4.74 Å². The quantitative estimate of drug-likeness (QED) is 0.626. The lowest BCUT2D eigenvalue weighted by Crippen LogP contribution is -1.91. The van der Waals surface area contributed by atoms with Crippen molar-refractivity contribution in [3.8, 4) is 17.6 Å². The molecule has 6 heteroatoms. The highest BCUT2D eigenvalue weighted by Crippen LogP contribution is 2.33. The van der Waals surface area contributed by atoms with Crippen molar-refractivity contribution in [2.75, 3.05) is 0 Å². The lowest BCUT2D eigenvalue weighted by atomic mass is 10.1. The molecule has 0 fully saturated rings. The van der Waals surface area contributed by atoms with E-state index in [0.717, 1.165) is 5.56 Å². The number of nitro benzene ring substituents is 1. The molecule has 0 atom stereocenters. The van der Waals surface area contributed by atoms with Crippen molar-refractivity contribution in [3.05, 3.63) is 62.7 Å². The van der Waals surface area contributed by atoms with Crippen LogP contribution in [0, 0.1) is 28.4 Å². The second kappa shape index (κ2) is 5.59. The number of nitro groups is 1. The number of halogens is 1. The molecule has 5 nitrogen and oxygen atoms in total. The molecule has 0 heterocycles. The van der Waals surface area contributed by atoms with Crippen LogP contribution in [0.1, 0.15) is 11.1 Å². The first-order valence-electron chi connectivity index (χ1n) is 5.64. The van der Waals surface area contributed by atoms with Crippen LogP contribution < -0.4 is 4.74 Å². The van der Waals surface area contributed by atoms with E-state index in [9.17, 15) is 10.1 Å². The zero-order valence-corrected chi connectivity index (χ0v) is 11.2. The standard InChI is InChI=1S/C14H9ClN2O3/c1-9-6-12(4-2-10(9)8-16)20-14-7-11(17(18)19)3-5-13(14)15/h2-7H,1H3. The highest BCUT2D eigenvalue weighted by molar-refractivity contribution is 6.32. The third kappa shape index (κ3) is 2.87. The van der Waals surface area contributed by atoms with Crippen LogP contribution in [0.3, 0.4) is 0 Å². The molecule has 0 amide bonds. The molecule has 0 saturated heterocycles. The van der Waals surface area contributed by atoms with Gasteiger partial charge >= 0.3 is 0 Å². The largest absolute Gasteiger partial charge is 0.456 e. The first-order valence-corrected chi connectivity index (χ1v) is 6.01. The predicted molar refractivity (Wildman–Crippen MR) is 74.1 cm³/mol. The number of aryl methyl sites for hydroxylation is 1. The molecule has 0 aliphatic carbocycles. The monoisotopic (exact) mass is 288 g/mol. The van der Waals surface area contributed by atoms with E-state index in [1.165, 1.54) is 18.2 Å². The fraction of sp³-hybridized carbons (Fsp3) is 0.0714. The van der Waals surface area contributed by atoms with E-state index in [1.807, 2.05) is 0 Å². The van der Waals surface area contributed by atoms with Crippen LogP contribution >= 0.6 is 11.6 Å². The summed E-state index contributed by atoms with van der Waals surface area (Å²) in [4.78, 5) is 10.2. The van der Waals surface area contributed by atoms with Crippen molar-refractivity contribution < 1.29 is 9.66 Å². The van der Waals surface area contributed by atoms with E-state index in [0.29, 0.717) is 11.3 Å². The molecule has 100 valence electrons. The third-order valence-corrected chi connectivity index (χ3v) is 2.98. The summed E-state index contributed by atoms with van der Waals surface area (Å²) in [6, 6.07) is 10.9. The van der Waals surface area contributed by atoms with E-state index < -0.39 is 4.92 Å². The van der Waals surface area contributed by atoms with E-state index in [1.54, 1.807) is 25.1 Å². The number of ether oxygens (including phenoxy) is 1. The summed E-state index contributed by atoms with van der Waals surface area (Å²) in [6.07, 6.45) is 0. The number of hydrogen-bond donors (Lipinski definition) is 0. The van der Waals surface area contributed by atoms with Crippen molar-refractivity contribution in [1.29, 1.82) is 5.26 Å². The number of rotatable bonds is 3. The Morgan fingerprint density at radius 1 is 1.30 bits per heavy atom. The van der Waals surface area contributed by atoms with Gasteiger partial charge in [-0.2, -0.15) is 5.26 Å². The molecule has 20 heavy (non-hydrogen) atoms. The van der Waals surface area contributed by atoms with Gasteiger partial charge in [0, 0.05) is 6.07 Å². The lowest BCUT2D eigenvalue weighted by Gasteiger charge is -2.08. The second-order valence-electron chi connectivity index (χ2n) is 4.06. The summed E-state index contributed by atoms with van der Waals surface area (Å²) in [7, 11) is 0. The molecule has 0 aliphatic rings. The van der Waals surface area contributed by atoms with E-state index in [2.05, 4.69) is 6.07 Å². The van der Waals surface area contributed by atoms with Gasteiger partial charge in [-0.3, -0.25) is 10.1 Å². The minimum atomic E-state index is -0.521. The van der Waals surface area contributed by atoms with Gasteiger partial charge in [0.1, 0.15) is 5.75 Å². The fourth-order valence-electron chi connectivity index (χ4n) is 1.64. The SMILES string of the molecule is Cc1cc(Oc2cc([N+](=O)[O-])ccc2Cl)ccc1C#N. The minimum absolute atomic E-state index is 0.102. The van der Waals surface area contributed by atoms with E-state index >= 15 is 0 Å². The number of nitrogens with zero attached hydrogens (tertiary/aromatic N) is 2. The summed E-state index contributed by atoms with van der Waals surface area (Å²) >= 11 is 5.95. The lowest BCUT2D eigenvalue weighted by molar-refractivity contribution is -0.384. The van der Waals surface area contributed by atoms with Crippen molar-refractivity contribution >= 4 is 17.3 Å². The Hall–Kier alpha value is -2.58. The van der Waals surface area contributed by atoms with Gasteiger partial charge in [-0.1, -0.05) is 11.6 Å². The summed E-state index contributed by atoms with van der Waals surface area (Å²) in [5.74, 6) is 0.661. The maximum atomic E-state index is 10.7. The maximum absolute atomic E-state index is 10.7. The molecule has 2 rings (SSSR count). The topological polar surface area (TPSA) is 76.2 Å². The average molecular weight is 289 g/mol. The zero-order chi connectivity index (χ0) is 14.7. The molecule has 0 spiro atoms. The molecule has 0 saturated carbocycles. The average Bonchev–Trinajstić information content (AvgIpc) is 2.41. The van der Waals surface area contributed by atoms with Crippen molar-refractivity contribution in [1.82, 2.24) is 0 Å². The second-order valence-corrected chi connectivity index (χ2v) is 4.47. The Morgan fingerprint density at radius 3 is 2.65 bits per heavy atom. The summed E-state index contributed by atoms with van der Waals surface area (Å²) in [6.45, 7) is 1.78. The van der Waals surface area contributed by atoms with Gasteiger partial charge in [-0.25, -0.2) is 0 Å². The van der Waals surface area contributed by atoms with E-state index in [4.69, 9.17) is 21.6 Å². The van der Waals surface area contributed by atoms with Gasteiger partial charge in [0.05, 0.1) is 27.6 Å². The molecular weight excluding hydrogens is 280 g/mol. The third-order valence-electron chi connectivity index (χ3n) is 2.67. The number of nitriles is 1. The molecule has 0 N–H and O–H groups in total. The normalized spacial score (nSPS) is 9.85. The Balaban J connectivity index is 2.35. The Bertz CT molecular complexity index is 723. The number of hydrogen-bond acceptors (Lipinski definition) is 4. The van der Waals surface area contributed by atoms with Crippen molar-refractivity contribution in [2.24, 2.45) is 0 Å². The van der Waals surface area contributed by atoms with Crippen LogP contribution in [0.5, 0.6) is 11.5 Å².